The monoisotopic (exact) mass is 307 g/mol. The van der Waals surface area contributed by atoms with Crippen molar-refractivity contribution >= 4 is 23.2 Å². The third kappa shape index (κ3) is 6.99. The molecule has 0 spiro atoms. The summed E-state index contributed by atoms with van der Waals surface area (Å²) in [6.45, 7) is 1.56. The van der Waals surface area contributed by atoms with Crippen molar-refractivity contribution in [1.82, 2.24) is 5.32 Å². The van der Waals surface area contributed by atoms with Gasteiger partial charge in [-0.05, 0) is 37.6 Å². The predicted molar refractivity (Wildman–Crippen MR) is 77.2 cm³/mol. The fourth-order valence-corrected chi connectivity index (χ4v) is 1.93. The molecule has 0 aliphatic rings. The Morgan fingerprint density at radius 1 is 1.26 bits per heavy atom. The average Bonchev–Trinajstić information content (AvgIpc) is 2.37. The maximum Gasteiger partial charge on any atom is 0.138 e. The molecule has 0 aliphatic carbocycles. The molecule has 0 saturated carbocycles. The zero-order chi connectivity index (χ0) is 14.1. The van der Waals surface area contributed by atoms with Crippen molar-refractivity contribution in [3.63, 3.8) is 0 Å². The topological polar surface area (TPSA) is 61.7 Å². The van der Waals surface area contributed by atoms with Gasteiger partial charge in [0.1, 0.15) is 18.5 Å². The highest BCUT2D eigenvalue weighted by Crippen LogP contribution is 2.27. The molecule has 1 aromatic carbocycles. The minimum Gasteiger partial charge on any atom is -0.489 e. The molecule has 0 aromatic heterocycles. The smallest absolute Gasteiger partial charge is 0.138 e. The molecule has 1 atom stereocenters. The van der Waals surface area contributed by atoms with Gasteiger partial charge in [-0.1, -0.05) is 23.2 Å². The van der Waals surface area contributed by atoms with E-state index < -0.39 is 6.10 Å². The van der Waals surface area contributed by atoms with E-state index in [4.69, 9.17) is 33.0 Å². The van der Waals surface area contributed by atoms with Crippen LogP contribution in [0.15, 0.2) is 18.2 Å². The summed E-state index contributed by atoms with van der Waals surface area (Å²) in [5.41, 5.74) is 0. The second-order valence-electron chi connectivity index (χ2n) is 4.17. The van der Waals surface area contributed by atoms with Crippen LogP contribution >= 0.6 is 23.2 Å². The fourth-order valence-electron chi connectivity index (χ4n) is 1.47. The Morgan fingerprint density at radius 2 is 2.05 bits per heavy atom. The number of rotatable bonds is 9. The second-order valence-corrected chi connectivity index (χ2v) is 5.02. The zero-order valence-corrected chi connectivity index (χ0v) is 12.1. The number of nitrogens with one attached hydrogen (secondary N) is 1. The van der Waals surface area contributed by atoms with Crippen LogP contribution in [-0.4, -0.2) is 42.6 Å². The van der Waals surface area contributed by atoms with Gasteiger partial charge < -0.3 is 20.3 Å². The van der Waals surface area contributed by atoms with Crippen molar-refractivity contribution in [2.75, 3.05) is 26.3 Å². The summed E-state index contributed by atoms with van der Waals surface area (Å²) >= 11 is 11.7. The van der Waals surface area contributed by atoms with Gasteiger partial charge in [-0.3, -0.25) is 0 Å². The Kier molecular flexibility index (Phi) is 8.18. The van der Waals surface area contributed by atoms with Crippen LogP contribution in [0.4, 0.5) is 0 Å². The zero-order valence-electron chi connectivity index (χ0n) is 10.6. The van der Waals surface area contributed by atoms with Gasteiger partial charge >= 0.3 is 0 Å². The number of ether oxygens (including phenoxy) is 1. The SMILES string of the molecule is OCCCCNCC(O)COc1ccc(Cl)cc1Cl. The highest BCUT2D eigenvalue weighted by molar-refractivity contribution is 6.35. The van der Waals surface area contributed by atoms with Crippen LogP contribution in [0.25, 0.3) is 0 Å². The molecule has 0 fully saturated rings. The van der Waals surface area contributed by atoms with Crippen LogP contribution < -0.4 is 10.1 Å². The van der Waals surface area contributed by atoms with E-state index in [1.165, 1.54) is 0 Å². The molecular weight excluding hydrogens is 289 g/mol. The minimum absolute atomic E-state index is 0.161. The normalized spacial score (nSPS) is 12.4. The summed E-state index contributed by atoms with van der Waals surface area (Å²) in [5.74, 6) is 0.505. The summed E-state index contributed by atoms with van der Waals surface area (Å²) in [7, 11) is 0. The van der Waals surface area contributed by atoms with Gasteiger partial charge in [-0.25, -0.2) is 0 Å². The van der Waals surface area contributed by atoms with Crippen molar-refractivity contribution < 1.29 is 14.9 Å². The summed E-state index contributed by atoms with van der Waals surface area (Å²) in [5, 5.41) is 22.4. The lowest BCUT2D eigenvalue weighted by Crippen LogP contribution is -2.32. The molecule has 0 saturated heterocycles. The Morgan fingerprint density at radius 3 is 2.74 bits per heavy atom. The van der Waals surface area contributed by atoms with Gasteiger partial charge in [0, 0.05) is 18.2 Å². The number of unbranched alkanes of at least 4 members (excludes halogenated alkanes) is 1. The first-order valence-electron chi connectivity index (χ1n) is 6.21. The van der Waals surface area contributed by atoms with Crippen LogP contribution in [0.1, 0.15) is 12.8 Å². The maximum atomic E-state index is 9.71. The van der Waals surface area contributed by atoms with Crippen molar-refractivity contribution in [3.8, 4) is 5.75 Å². The minimum atomic E-state index is -0.610. The number of hydrogen-bond donors (Lipinski definition) is 3. The summed E-state index contributed by atoms with van der Waals surface area (Å²) in [6.07, 6.45) is 1.04. The first kappa shape index (κ1) is 16.5. The maximum absolute atomic E-state index is 9.71. The number of halogens is 2. The first-order valence-corrected chi connectivity index (χ1v) is 6.96. The van der Waals surface area contributed by atoms with E-state index in [2.05, 4.69) is 5.32 Å². The predicted octanol–water partition coefficient (Wildman–Crippen LogP) is 2.10. The Hall–Kier alpha value is -0.520. The van der Waals surface area contributed by atoms with E-state index in [9.17, 15) is 5.11 Å². The third-order valence-electron chi connectivity index (χ3n) is 2.47. The molecule has 0 heterocycles. The largest absolute Gasteiger partial charge is 0.489 e. The lowest BCUT2D eigenvalue weighted by molar-refractivity contribution is 0.106. The first-order chi connectivity index (χ1) is 9.13. The van der Waals surface area contributed by atoms with Gasteiger partial charge in [-0.15, -0.1) is 0 Å². The Bertz CT molecular complexity index is 377. The van der Waals surface area contributed by atoms with Gasteiger partial charge in [0.05, 0.1) is 5.02 Å². The fraction of sp³-hybridized carbons (Fsp3) is 0.538. The molecule has 19 heavy (non-hydrogen) atoms. The van der Waals surface area contributed by atoms with E-state index in [1.807, 2.05) is 0 Å². The molecule has 1 rings (SSSR count). The molecule has 0 amide bonds. The van der Waals surface area contributed by atoms with Crippen molar-refractivity contribution in [2.24, 2.45) is 0 Å². The lowest BCUT2D eigenvalue weighted by Gasteiger charge is -2.14. The van der Waals surface area contributed by atoms with Crippen molar-refractivity contribution in [2.45, 2.75) is 18.9 Å². The van der Waals surface area contributed by atoms with E-state index in [0.29, 0.717) is 22.3 Å². The number of aliphatic hydroxyl groups excluding tert-OH is 2. The second kappa shape index (κ2) is 9.39. The van der Waals surface area contributed by atoms with E-state index in [1.54, 1.807) is 18.2 Å². The molecule has 0 radical (unpaired) electrons. The molecule has 1 aromatic rings. The van der Waals surface area contributed by atoms with E-state index >= 15 is 0 Å². The van der Waals surface area contributed by atoms with Gasteiger partial charge in [0.2, 0.25) is 0 Å². The molecule has 108 valence electrons. The average molecular weight is 308 g/mol. The van der Waals surface area contributed by atoms with E-state index in [-0.39, 0.29) is 13.2 Å². The summed E-state index contributed by atoms with van der Waals surface area (Å²) < 4.78 is 5.41. The van der Waals surface area contributed by atoms with Crippen LogP contribution in [0.2, 0.25) is 10.0 Å². The number of hydrogen-bond acceptors (Lipinski definition) is 4. The lowest BCUT2D eigenvalue weighted by atomic mass is 10.3. The number of benzene rings is 1. The van der Waals surface area contributed by atoms with Gasteiger partial charge in [0.25, 0.3) is 0 Å². The van der Waals surface area contributed by atoms with Gasteiger partial charge in [-0.2, -0.15) is 0 Å². The van der Waals surface area contributed by atoms with Crippen LogP contribution in [-0.2, 0) is 0 Å². The molecular formula is C13H19Cl2NO3. The van der Waals surface area contributed by atoms with E-state index in [0.717, 1.165) is 19.4 Å². The standard InChI is InChI=1S/C13H19Cl2NO3/c14-10-3-4-13(12(15)7-10)19-9-11(18)8-16-5-1-2-6-17/h3-4,7,11,16-18H,1-2,5-6,8-9H2. The highest BCUT2D eigenvalue weighted by atomic mass is 35.5. The number of aliphatic hydroxyl groups is 2. The highest BCUT2D eigenvalue weighted by Gasteiger charge is 2.07. The van der Waals surface area contributed by atoms with Crippen LogP contribution in [0.5, 0.6) is 5.75 Å². The van der Waals surface area contributed by atoms with Gasteiger partial charge in [0.15, 0.2) is 0 Å². The van der Waals surface area contributed by atoms with Crippen molar-refractivity contribution in [1.29, 1.82) is 0 Å². The summed E-state index contributed by atoms with van der Waals surface area (Å²) in [6, 6.07) is 4.95. The van der Waals surface area contributed by atoms with Crippen LogP contribution in [0.3, 0.4) is 0 Å². The third-order valence-corrected chi connectivity index (χ3v) is 3.00. The molecule has 0 bridgehead atoms. The molecule has 3 N–H and O–H groups in total. The quantitative estimate of drug-likeness (QED) is 0.611. The molecule has 1 unspecified atom stereocenters. The Labute approximate surface area is 123 Å². The van der Waals surface area contributed by atoms with Crippen molar-refractivity contribution in [3.05, 3.63) is 28.2 Å². The van der Waals surface area contributed by atoms with Crippen LogP contribution in [0, 0.1) is 0 Å². The molecule has 6 heteroatoms. The Balaban J connectivity index is 2.20. The summed E-state index contributed by atoms with van der Waals surface area (Å²) in [4.78, 5) is 0. The molecule has 4 nitrogen and oxygen atoms in total. The molecule has 0 aliphatic heterocycles.